The van der Waals surface area contributed by atoms with Gasteiger partial charge in [-0.05, 0) is 27.7 Å². The molecule has 0 aliphatic heterocycles. The van der Waals surface area contributed by atoms with Gasteiger partial charge in [0.15, 0.2) is 0 Å². The Morgan fingerprint density at radius 1 is 1.07 bits per heavy atom. The van der Waals surface area contributed by atoms with Crippen LogP contribution < -0.4 is 5.32 Å². The Hall–Kier alpha value is -0.380. The van der Waals surface area contributed by atoms with Crippen LogP contribution in [0.5, 0.6) is 0 Å². The Bertz CT molecular complexity index is 161. The van der Waals surface area contributed by atoms with Gasteiger partial charge in [-0.25, -0.2) is 0 Å². The van der Waals surface area contributed by atoms with E-state index in [2.05, 4.69) is 26.1 Å². The lowest BCUT2D eigenvalue weighted by molar-refractivity contribution is 0.154. The van der Waals surface area contributed by atoms with Crippen LogP contribution in [0.4, 0.5) is 0 Å². The SMILES string of the molecule is CCOC/C=C\COCCNC(C)(C)C. The first kappa shape index (κ1) is 14.6. The summed E-state index contributed by atoms with van der Waals surface area (Å²) < 4.78 is 10.6. The summed E-state index contributed by atoms with van der Waals surface area (Å²) in [5, 5.41) is 3.36. The Morgan fingerprint density at radius 2 is 1.67 bits per heavy atom. The van der Waals surface area contributed by atoms with Gasteiger partial charge < -0.3 is 14.8 Å². The molecule has 0 bridgehead atoms. The van der Waals surface area contributed by atoms with Crippen LogP contribution in [0.3, 0.4) is 0 Å². The highest BCUT2D eigenvalue weighted by molar-refractivity contribution is 4.81. The fourth-order valence-electron chi connectivity index (χ4n) is 0.972. The zero-order valence-corrected chi connectivity index (χ0v) is 10.5. The van der Waals surface area contributed by atoms with Gasteiger partial charge in [0, 0.05) is 18.7 Å². The van der Waals surface area contributed by atoms with E-state index in [0.29, 0.717) is 13.2 Å². The minimum Gasteiger partial charge on any atom is -0.378 e. The van der Waals surface area contributed by atoms with Crippen molar-refractivity contribution >= 4 is 0 Å². The van der Waals surface area contributed by atoms with Crippen molar-refractivity contribution in [3.05, 3.63) is 12.2 Å². The molecule has 0 aromatic carbocycles. The highest BCUT2D eigenvalue weighted by Gasteiger charge is 2.06. The zero-order chi connectivity index (χ0) is 11.6. The van der Waals surface area contributed by atoms with Gasteiger partial charge in [0.05, 0.1) is 19.8 Å². The average molecular weight is 215 g/mol. The van der Waals surface area contributed by atoms with Gasteiger partial charge in [-0.2, -0.15) is 0 Å². The number of nitrogens with one attached hydrogen (secondary N) is 1. The molecule has 3 nitrogen and oxygen atoms in total. The van der Waals surface area contributed by atoms with E-state index in [1.54, 1.807) is 0 Å². The molecular weight excluding hydrogens is 190 g/mol. The minimum atomic E-state index is 0.175. The smallest absolute Gasteiger partial charge is 0.0648 e. The van der Waals surface area contributed by atoms with Crippen molar-refractivity contribution in [2.75, 3.05) is 33.0 Å². The van der Waals surface area contributed by atoms with Gasteiger partial charge in [-0.3, -0.25) is 0 Å². The average Bonchev–Trinajstić information content (AvgIpc) is 2.14. The minimum absolute atomic E-state index is 0.175. The van der Waals surface area contributed by atoms with Gasteiger partial charge in [-0.15, -0.1) is 0 Å². The van der Waals surface area contributed by atoms with Gasteiger partial charge in [0.2, 0.25) is 0 Å². The van der Waals surface area contributed by atoms with Crippen molar-refractivity contribution in [3.8, 4) is 0 Å². The summed E-state index contributed by atoms with van der Waals surface area (Å²) in [4.78, 5) is 0. The maximum Gasteiger partial charge on any atom is 0.0648 e. The molecular formula is C12H25NO2. The standard InChI is InChI=1S/C12H25NO2/c1-5-14-9-6-7-10-15-11-8-13-12(2,3)4/h6-7,13H,5,8-11H2,1-4H3/b7-6-. The predicted molar refractivity (Wildman–Crippen MR) is 64.2 cm³/mol. The number of ether oxygens (including phenoxy) is 2. The third kappa shape index (κ3) is 13.6. The molecule has 3 heteroatoms. The summed E-state index contributed by atoms with van der Waals surface area (Å²) in [6.07, 6.45) is 3.98. The molecule has 0 spiro atoms. The van der Waals surface area contributed by atoms with E-state index in [0.717, 1.165) is 19.8 Å². The molecule has 0 radical (unpaired) electrons. The fourth-order valence-corrected chi connectivity index (χ4v) is 0.972. The molecule has 90 valence electrons. The van der Waals surface area contributed by atoms with E-state index in [9.17, 15) is 0 Å². The van der Waals surface area contributed by atoms with E-state index < -0.39 is 0 Å². The topological polar surface area (TPSA) is 30.5 Å². The van der Waals surface area contributed by atoms with Crippen LogP contribution in [0.1, 0.15) is 27.7 Å². The van der Waals surface area contributed by atoms with Gasteiger partial charge in [0.1, 0.15) is 0 Å². The lowest BCUT2D eigenvalue weighted by Crippen LogP contribution is -2.37. The lowest BCUT2D eigenvalue weighted by Gasteiger charge is -2.20. The largest absolute Gasteiger partial charge is 0.378 e. The van der Waals surface area contributed by atoms with Gasteiger partial charge in [0.25, 0.3) is 0 Å². The van der Waals surface area contributed by atoms with Crippen LogP contribution >= 0.6 is 0 Å². The summed E-state index contributed by atoms with van der Waals surface area (Å²) >= 11 is 0. The molecule has 0 aliphatic carbocycles. The third-order valence-corrected chi connectivity index (χ3v) is 1.70. The second-order valence-electron chi connectivity index (χ2n) is 4.38. The predicted octanol–water partition coefficient (Wildman–Crippen LogP) is 1.98. The first-order valence-corrected chi connectivity index (χ1v) is 5.62. The maximum absolute atomic E-state index is 5.40. The summed E-state index contributed by atoms with van der Waals surface area (Å²) in [6, 6.07) is 0. The number of hydrogen-bond acceptors (Lipinski definition) is 3. The normalized spacial score (nSPS) is 12.5. The van der Waals surface area contributed by atoms with Crippen LogP contribution in [0, 0.1) is 0 Å². The molecule has 0 unspecified atom stereocenters. The third-order valence-electron chi connectivity index (χ3n) is 1.70. The van der Waals surface area contributed by atoms with Crippen molar-refractivity contribution in [2.24, 2.45) is 0 Å². The van der Waals surface area contributed by atoms with Gasteiger partial charge >= 0.3 is 0 Å². The zero-order valence-electron chi connectivity index (χ0n) is 10.5. The molecule has 0 atom stereocenters. The maximum atomic E-state index is 5.40. The molecule has 0 heterocycles. The van der Waals surface area contributed by atoms with Crippen LogP contribution in [0.2, 0.25) is 0 Å². The highest BCUT2D eigenvalue weighted by atomic mass is 16.5. The second kappa shape index (κ2) is 8.89. The molecule has 0 saturated carbocycles. The molecule has 0 amide bonds. The first-order chi connectivity index (χ1) is 7.06. The van der Waals surface area contributed by atoms with Crippen molar-refractivity contribution in [1.29, 1.82) is 0 Å². The lowest BCUT2D eigenvalue weighted by atomic mass is 10.1. The van der Waals surface area contributed by atoms with Crippen LogP contribution in [0.15, 0.2) is 12.2 Å². The van der Waals surface area contributed by atoms with Crippen LogP contribution in [0.25, 0.3) is 0 Å². The van der Waals surface area contributed by atoms with Crippen molar-refractivity contribution < 1.29 is 9.47 Å². The van der Waals surface area contributed by atoms with E-state index in [4.69, 9.17) is 9.47 Å². The quantitative estimate of drug-likeness (QED) is 0.496. The Morgan fingerprint density at radius 3 is 2.20 bits per heavy atom. The van der Waals surface area contributed by atoms with Crippen molar-refractivity contribution in [3.63, 3.8) is 0 Å². The highest BCUT2D eigenvalue weighted by Crippen LogP contribution is 1.96. The molecule has 15 heavy (non-hydrogen) atoms. The number of hydrogen-bond donors (Lipinski definition) is 1. The monoisotopic (exact) mass is 215 g/mol. The Balaban J connectivity index is 3.15. The molecule has 0 aromatic rings. The number of rotatable bonds is 8. The van der Waals surface area contributed by atoms with E-state index in [-0.39, 0.29) is 5.54 Å². The Labute approximate surface area is 93.8 Å². The summed E-state index contributed by atoms with van der Waals surface area (Å²) in [5.41, 5.74) is 0.175. The molecule has 1 N–H and O–H groups in total. The molecule has 0 rings (SSSR count). The Kier molecular flexibility index (Phi) is 8.67. The van der Waals surface area contributed by atoms with Crippen molar-refractivity contribution in [2.45, 2.75) is 33.2 Å². The van der Waals surface area contributed by atoms with Crippen LogP contribution in [-0.2, 0) is 9.47 Å². The molecule has 0 saturated heterocycles. The van der Waals surface area contributed by atoms with E-state index in [1.807, 2.05) is 19.1 Å². The second-order valence-corrected chi connectivity index (χ2v) is 4.38. The van der Waals surface area contributed by atoms with Crippen molar-refractivity contribution in [1.82, 2.24) is 5.32 Å². The van der Waals surface area contributed by atoms with E-state index in [1.165, 1.54) is 0 Å². The first-order valence-electron chi connectivity index (χ1n) is 5.62. The molecule has 0 aromatic heterocycles. The van der Waals surface area contributed by atoms with Gasteiger partial charge in [-0.1, -0.05) is 12.2 Å². The summed E-state index contributed by atoms with van der Waals surface area (Å²) in [5.74, 6) is 0. The molecule has 0 aliphatic rings. The van der Waals surface area contributed by atoms with E-state index >= 15 is 0 Å². The summed E-state index contributed by atoms with van der Waals surface area (Å²) in [7, 11) is 0. The summed E-state index contributed by atoms with van der Waals surface area (Å²) in [6.45, 7) is 12.2. The fraction of sp³-hybridized carbons (Fsp3) is 0.833. The molecule has 0 fully saturated rings. The van der Waals surface area contributed by atoms with Crippen LogP contribution in [-0.4, -0.2) is 38.5 Å².